The summed E-state index contributed by atoms with van der Waals surface area (Å²) >= 11 is 0. The smallest absolute Gasteiger partial charge is 0.0105 e. The normalized spacial score (nSPS) is 11.3. The monoisotopic (exact) mass is 242 g/mol. The van der Waals surface area contributed by atoms with E-state index in [-0.39, 0.29) is 0 Å². The number of nitrogens with zero attached hydrogens (tertiary/aromatic N) is 1. The third-order valence-electron chi connectivity index (χ3n) is 3.31. The summed E-state index contributed by atoms with van der Waals surface area (Å²) in [6.07, 6.45) is 12.5. The second-order valence-electron chi connectivity index (χ2n) is 5.11. The molecule has 2 N–H and O–H groups in total. The molecule has 2 nitrogen and oxygen atoms in total. The van der Waals surface area contributed by atoms with Crippen LogP contribution in [0.4, 0.5) is 0 Å². The van der Waals surface area contributed by atoms with E-state index >= 15 is 0 Å². The van der Waals surface area contributed by atoms with Gasteiger partial charge in [0.25, 0.3) is 0 Å². The maximum absolute atomic E-state index is 5.62. The zero-order valence-corrected chi connectivity index (χ0v) is 12.2. The summed E-state index contributed by atoms with van der Waals surface area (Å²) in [5.41, 5.74) is 5.62. The van der Waals surface area contributed by atoms with E-state index in [1.54, 1.807) is 0 Å². The zero-order chi connectivity index (χ0) is 12.8. The van der Waals surface area contributed by atoms with Crippen molar-refractivity contribution < 1.29 is 0 Å². The Bertz CT molecular complexity index is 131. The van der Waals surface area contributed by atoms with Crippen molar-refractivity contribution in [2.75, 3.05) is 26.2 Å². The van der Waals surface area contributed by atoms with Gasteiger partial charge in [0.2, 0.25) is 0 Å². The van der Waals surface area contributed by atoms with Gasteiger partial charge in [-0.1, -0.05) is 58.8 Å². The van der Waals surface area contributed by atoms with Crippen LogP contribution in [0.25, 0.3) is 0 Å². The predicted octanol–water partition coefficient (Wildman–Crippen LogP) is 3.80. The Balaban J connectivity index is 3.23. The number of unbranched alkanes of at least 4 members (excludes halogenated alkanes) is 7. The lowest BCUT2D eigenvalue weighted by Crippen LogP contribution is -2.31. The minimum absolute atomic E-state index is 0.803. The minimum Gasteiger partial charge on any atom is -0.329 e. The van der Waals surface area contributed by atoms with E-state index in [9.17, 15) is 0 Å². The molecule has 0 aromatic heterocycles. The van der Waals surface area contributed by atoms with Gasteiger partial charge >= 0.3 is 0 Å². The highest BCUT2D eigenvalue weighted by molar-refractivity contribution is 4.58. The Morgan fingerprint density at radius 1 is 0.647 bits per heavy atom. The Labute approximate surface area is 109 Å². The quantitative estimate of drug-likeness (QED) is 0.498. The van der Waals surface area contributed by atoms with E-state index in [0.717, 1.165) is 13.1 Å². The van der Waals surface area contributed by atoms with Crippen molar-refractivity contribution in [1.29, 1.82) is 0 Å². The molecule has 0 aromatic rings. The van der Waals surface area contributed by atoms with Gasteiger partial charge in [0.15, 0.2) is 0 Å². The van der Waals surface area contributed by atoms with Crippen molar-refractivity contribution in [3.63, 3.8) is 0 Å². The van der Waals surface area contributed by atoms with E-state index in [2.05, 4.69) is 18.7 Å². The Kier molecular flexibility index (Phi) is 13.9. The Morgan fingerprint density at radius 3 is 1.76 bits per heavy atom. The molecule has 0 amide bonds. The molecule has 0 aromatic carbocycles. The van der Waals surface area contributed by atoms with Gasteiger partial charge in [0.05, 0.1) is 0 Å². The topological polar surface area (TPSA) is 29.3 Å². The Hall–Kier alpha value is -0.0800. The molecule has 0 bridgehead atoms. The van der Waals surface area contributed by atoms with E-state index in [1.807, 2.05) is 0 Å². The third-order valence-corrected chi connectivity index (χ3v) is 3.31. The first kappa shape index (κ1) is 16.9. The predicted molar refractivity (Wildman–Crippen MR) is 78.4 cm³/mol. The van der Waals surface area contributed by atoms with E-state index in [0.29, 0.717) is 0 Å². The van der Waals surface area contributed by atoms with E-state index < -0.39 is 0 Å². The van der Waals surface area contributed by atoms with Crippen LogP contribution in [-0.2, 0) is 0 Å². The van der Waals surface area contributed by atoms with Crippen molar-refractivity contribution in [3.05, 3.63) is 0 Å². The molecular formula is C15H34N2. The van der Waals surface area contributed by atoms with Crippen molar-refractivity contribution in [2.24, 2.45) is 5.73 Å². The molecule has 0 heterocycles. The minimum atomic E-state index is 0.803. The summed E-state index contributed by atoms with van der Waals surface area (Å²) in [5, 5.41) is 0. The van der Waals surface area contributed by atoms with Gasteiger partial charge in [-0.05, 0) is 25.9 Å². The average Bonchev–Trinajstić information content (AvgIpc) is 2.33. The molecule has 104 valence electrons. The average molecular weight is 242 g/mol. The molecule has 0 atom stereocenters. The van der Waals surface area contributed by atoms with Crippen molar-refractivity contribution >= 4 is 0 Å². The SMILES string of the molecule is CCCCCCCCCCN(CCC)CCN. The van der Waals surface area contributed by atoms with Gasteiger partial charge in [0.1, 0.15) is 0 Å². The first-order valence-electron chi connectivity index (χ1n) is 7.77. The molecule has 0 unspecified atom stereocenters. The molecule has 0 aliphatic carbocycles. The molecule has 2 heteroatoms. The Morgan fingerprint density at radius 2 is 1.24 bits per heavy atom. The van der Waals surface area contributed by atoms with Gasteiger partial charge in [-0.25, -0.2) is 0 Å². The van der Waals surface area contributed by atoms with Crippen LogP contribution in [0.5, 0.6) is 0 Å². The summed E-state index contributed by atoms with van der Waals surface area (Å²) in [5.74, 6) is 0. The first-order chi connectivity index (χ1) is 8.35. The second-order valence-corrected chi connectivity index (χ2v) is 5.11. The van der Waals surface area contributed by atoms with Crippen LogP contribution in [-0.4, -0.2) is 31.1 Å². The molecule has 0 saturated carbocycles. The van der Waals surface area contributed by atoms with Crippen LogP contribution in [0.2, 0.25) is 0 Å². The fourth-order valence-corrected chi connectivity index (χ4v) is 2.30. The standard InChI is InChI=1S/C15H34N2/c1-3-5-6-7-8-9-10-11-14-17(13-4-2)15-12-16/h3-16H2,1-2H3. The summed E-state index contributed by atoms with van der Waals surface area (Å²) in [6, 6.07) is 0. The lowest BCUT2D eigenvalue weighted by atomic mass is 10.1. The summed E-state index contributed by atoms with van der Waals surface area (Å²) < 4.78 is 0. The van der Waals surface area contributed by atoms with Gasteiger partial charge in [-0.3, -0.25) is 0 Å². The number of hydrogen-bond donors (Lipinski definition) is 1. The van der Waals surface area contributed by atoms with Crippen molar-refractivity contribution in [1.82, 2.24) is 4.90 Å². The lowest BCUT2D eigenvalue weighted by Gasteiger charge is -2.20. The molecular weight excluding hydrogens is 208 g/mol. The van der Waals surface area contributed by atoms with Crippen molar-refractivity contribution in [3.8, 4) is 0 Å². The number of rotatable bonds is 13. The van der Waals surface area contributed by atoms with E-state index in [1.165, 1.54) is 70.9 Å². The molecule has 0 aliphatic rings. The number of hydrogen-bond acceptors (Lipinski definition) is 2. The molecule has 0 saturated heterocycles. The summed E-state index contributed by atoms with van der Waals surface area (Å²) in [7, 11) is 0. The molecule has 0 spiro atoms. The van der Waals surface area contributed by atoms with Gasteiger partial charge in [-0.2, -0.15) is 0 Å². The third kappa shape index (κ3) is 12.2. The van der Waals surface area contributed by atoms with Crippen LogP contribution in [0.3, 0.4) is 0 Å². The maximum Gasteiger partial charge on any atom is 0.0105 e. The largest absolute Gasteiger partial charge is 0.329 e. The molecule has 0 rings (SSSR count). The highest BCUT2D eigenvalue weighted by atomic mass is 15.1. The second kappa shape index (κ2) is 14.0. The molecule has 0 aliphatic heterocycles. The van der Waals surface area contributed by atoms with Crippen LogP contribution >= 0.6 is 0 Å². The fraction of sp³-hybridized carbons (Fsp3) is 1.00. The molecule has 0 fully saturated rings. The number of nitrogens with two attached hydrogens (primary N) is 1. The highest BCUT2D eigenvalue weighted by Crippen LogP contribution is 2.08. The van der Waals surface area contributed by atoms with Gasteiger partial charge in [0, 0.05) is 13.1 Å². The summed E-state index contributed by atoms with van der Waals surface area (Å²) in [6.45, 7) is 8.87. The van der Waals surface area contributed by atoms with Crippen LogP contribution < -0.4 is 5.73 Å². The van der Waals surface area contributed by atoms with Crippen LogP contribution in [0.15, 0.2) is 0 Å². The van der Waals surface area contributed by atoms with Crippen molar-refractivity contribution in [2.45, 2.75) is 71.6 Å². The zero-order valence-electron chi connectivity index (χ0n) is 12.2. The molecule has 0 radical (unpaired) electrons. The summed E-state index contributed by atoms with van der Waals surface area (Å²) in [4.78, 5) is 2.51. The fourth-order valence-electron chi connectivity index (χ4n) is 2.30. The van der Waals surface area contributed by atoms with Crippen LogP contribution in [0, 0.1) is 0 Å². The maximum atomic E-state index is 5.62. The van der Waals surface area contributed by atoms with Crippen LogP contribution in [0.1, 0.15) is 71.6 Å². The first-order valence-corrected chi connectivity index (χ1v) is 7.77. The van der Waals surface area contributed by atoms with E-state index in [4.69, 9.17) is 5.73 Å². The highest BCUT2D eigenvalue weighted by Gasteiger charge is 2.01. The molecule has 17 heavy (non-hydrogen) atoms. The van der Waals surface area contributed by atoms with Gasteiger partial charge < -0.3 is 10.6 Å². The lowest BCUT2D eigenvalue weighted by molar-refractivity contribution is 0.274. The van der Waals surface area contributed by atoms with Gasteiger partial charge in [-0.15, -0.1) is 0 Å².